The Morgan fingerprint density at radius 1 is 1.28 bits per heavy atom. The van der Waals surface area contributed by atoms with Crippen LogP contribution in [0.1, 0.15) is 25.8 Å². The fraction of sp³-hybridized carbons (Fsp3) is 0.304. The van der Waals surface area contributed by atoms with E-state index in [1.54, 1.807) is 26.2 Å². The third-order valence-corrected chi connectivity index (χ3v) is 7.24. The summed E-state index contributed by atoms with van der Waals surface area (Å²) in [6.07, 6.45) is 8.29. The number of aromatic nitrogens is 2. The first-order valence-corrected chi connectivity index (χ1v) is 11.8. The van der Waals surface area contributed by atoms with E-state index in [1.807, 2.05) is 22.9 Å². The van der Waals surface area contributed by atoms with Crippen molar-refractivity contribution in [1.82, 2.24) is 13.9 Å². The highest BCUT2D eigenvalue weighted by molar-refractivity contribution is 7.89. The summed E-state index contributed by atoms with van der Waals surface area (Å²) in [5, 5.41) is 0.965. The molecule has 0 saturated heterocycles. The lowest BCUT2D eigenvalue weighted by Gasteiger charge is -2.26. The molecule has 0 spiro atoms. The van der Waals surface area contributed by atoms with E-state index in [-0.39, 0.29) is 36.4 Å². The van der Waals surface area contributed by atoms with Gasteiger partial charge in [-0.15, -0.1) is 0 Å². The molecule has 1 aliphatic heterocycles. The van der Waals surface area contributed by atoms with E-state index in [9.17, 15) is 17.6 Å². The quantitative estimate of drug-likeness (QED) is 0.506. The Morgan fingerprint density at radius 2 is 2.09 bits per heavy atom. The number of nitrogens with zero attached hydrogens (tertiary/aromatic N) is 3. The Kier molecular flexibility index (Phi) is 6.12. The Bertz CT molecular complexity index is 1300. The number of ether oxygens (including phenoxy) is 1. The molecule has 4 rings (SSSR count). The summed E-state index contributed by atoms with van der Waals surface area (Å²) >= 11 is 0. The number of hydrogen-bond acceptors (Lipinski definition) is 5. The van der Waals surface area contributed by atoms with Crippen LogP contribution in [0.25, 0.3) is 16.5 Å². The van der Waals surface area contributed by atoms with Crippen molar-refractivity contribution in [2.24, 2.45) is 0 Å². The number of pyridine rings is 1. The predicted octanol–water partition coefficient (Wildman–Crippen LogP) is 3.64. The van der Waals surface area contributed by atoms with Crippen molar-refractivity contribution in [1.29, 1.82) is 0 Å². The second-order valence-electron chi connectivity index (χ2n) is 7.86. The molecule has 0 saturated carbocycles. The molecular weight excluding hydrogens is 433 g/mol. The van der Waals surface area contributed by atoms with Gasteiger partial charge < -0.3 is 14.1 Å². The maximum atomic E-state index is 14.4. The summed E-state index contributed by atoms with van der Waals surface area (Å²) in [4.78, 5) is 15.1. The van der Waals surface area contributed by atoms with Crippen molar-refractivity contribution in [2.45, 2.75) is 37.8 Å². The summed E-state index contributed by atoms with van der Waals surface area (Å²) in [5.41, 5.74) is 2.82. The van der Waals surface area contributed by atoms with Gasteiger partial charge in [0.1, 0.15) is 6.29 Å². The highest BCUT2D eigenvalue weighted by Crippen LogP contribution is 2.32. The van der Waals surface area contributed by atoms with Crippen molar-refractivity contribution in [3.8, 4) is 5.75 Å². The minimum Gasteiger partial charge on any atom is -0.488 e. The zero-order valence-corrected chi connectivity index (χ0v) is 18.7. The molecular formula is C23H24FN3O4S. The van der Waals surface area contributed by atoms with Crippen LogP contribution in [-0.2, 0) is 21.4 Å². The lowest BCUT2D eigenvalue weighted by atomic mass is 10.0. The number of fused-ring (bicyclic) bond motifs is 1. The molecule has 0 bridgehead atoms. The first-order chi connectivity index (χ1) is 15.3. The molecule has 2 aromatic heterocycles. The molecule has 3 heterocycles. The zero-order chi connectivity index (χ0) is 22.9. The first kappa shape index (κ1) is 22.2. The molecule has 32 heavy (non-hydrogen) atoms. The van der Waals surface area contributed by atoms with Crippen LogP contribution < -0.4 is 4.74 Å². The third kappa shape index (κ3) is 4.18. The van der Waals surface area contributed by atoms with E-state index in [2.05, 4.69) is 4.98 Å². The van der Waals surface area contributed by atoms with Crippen molar-refractivity contribution in [3.05, 3.63) is 60.3 Å². The molecule has 0 N–H and O–H groups in total. The number of aldehydes is 1. The van der Waals surface area contributed by atoms with Gasteiger partial charge in [0.2, 0.25) is 10.0 Å². The van der Waals surface area contributed by atoms with E-state index >= 15 is 0 Å². The lowest BCUT2D eigenvalue weighted by Crippen LogP contribution is -2.34. The summed E-state index contributed by atoms with van der Waals surface area (Å²) in [7, 11) is -3.85. The normalized spacial score (nSPS) is 15.2. The highest BCUT2D eigenvalue weighted by Gasteiger charge is 2.28. The molecule has 0 unspecified atom stereocenters. The van der Waals surface area contributed by atoms with Crippen molar-refractivity contribution >= 4 is 32.8 Å². The summed E-state index contributed by atoms with van der Waals surface area (Å²) in [5.74, 6) is -0.675. The van der Waals surface area contributed by atoms with E-state index in [0.717, 1.165) is 34.4 Å². The van der Waals surface area contributed by atoms with Gasteiger partial charge >= 0.3 is 0 Å². The number of rotatable bonds is 7. The van der Waals surface area contributed by atoms with Crippen molar-refractivity contribution in [2.75, 3.05) is 13.1 Å². The topological polar surface area (TPSA) is 81.5 Å². The minimum absolute atomic E-state index is 0.0287. The maximum Gasteiger partial charge on any atom is 0.243 e. The Morgan fingerprint density at radius 3 is 2.75 bits per heavy atom. The van der Waals surface area contributed by atoms with Crippen LogP contribution in [0.3, 0.4) is 0 Å². The Balaban J connectivity index is 1.59. The van der Waals surface area contributed by atoms with E-state index in [1.165, 1.54) is 16.4 Å². The molecule has 3 aromatic rings. The standard InChI is InChI=1S/C23H24FN3O4S/c1-16(2)31-23-4-3-18(13-21(23)24)32(29,30)27-9-6-17(7-10-27)20-15-26(11-12-28)22-14-25-8-5-19(20)22/h3-6,8,12-16H,7,9-11H2,1-2H3. The molecule has 0 amide bonds. The van der Waals surface area contributed by atoms with Crippen molar-refractivity contribution < 1.29 is 22.3 Å². The molecule has 0 atom stereocenters. The van der Waals surface area contributed by atoms with Gasteiger partial charge in [-0.05, 0) is 50.1 Å². The maximum absolute atomic E-state index is 14.4. The van der Waals surface area contributed by atoms with Gasteiger partial charge in [0.25, 0.3) is 0 Å². The molecule has 0 aliphatic carbocycles. The van der Waals surface area contributed by atoms with E-state index < -0.39 is 15.8 Å². The molecule has 1 aromatic carbocycles. The number of hydrogen-bond donors (Lipinski definition) is 0. The van der Waals surface area contributed by atoms with Crippen LogP contribution in [0.2, 0.25) is 0 Å². The number of benzene rings is 1. The van der Waals surface area contributed by atoms with Crippen LogP contribution in [0.15, 0.2) is 53.8 Å². The van der Waals surface area contributed by atoms with Gasteiger partial charge in [0, 0.05) is 36.4 Å². The van der Waals surface area contributed by atoms with Crippen LogP contribution in [-0.4, -0.2) is 47.8 Å². The van der Waals surface area contributed by atoms with Gasteiger partial charge in [-0.25, -0.2) is 12.8 Å². The molecule has 168 valence electrons. The van der Waals surface area contributed by atoms with Gasteiger partial charge in [0.05, 0.1) is 29.3 Å². The number of carbonyl (C=O) groups excluding carboxylic acids is 1. The fourth-order valence-electron chi connectivity index (χ4n) is 3.88. The van der Waals surface area contributed by atoms with Crippen LogP contribution in [0.4, 0.5) is 4.39 Å². The van der Waals surface area contributed by atoms with Crippen LogP contribution in [0, 0.1) is 5.82 Å². The van der Waals surface area contributed by atoms with Gasteiger partial charge in [-0.3, -0.25) is 4.98 Å². The molecule has 0 radical (unpaired) electrons. The monoisotopic (exact) mass is 457 g/mol. The second kappa shape index (κ2) is 8.84. The largest absolute Gasteiger partial charge is 0.488 e. The van der Waals surface area contributed by atoms with Crippen LogP contribution in [0.5, 0.6) is 5.75 Å². The molecule has 1 aliphatic rings. The number of halogens is 1. The predicted molar refractivity (Wildman–Crippen MR) is 119 cm³/mol. The molecule has 0 fully saturated rings. The van der Waals surface area contributed by atoms with Crippen molar-refractivity contribution in [3.63, 3.8) is 0 Å². The second-order valence-corrected chi connectivity index (χ2v) is 9.79. The Labute approximate surface area is 186 Å². The number of sulfonamides is 1. The van der Waals surface area contributed by atoms with E-state index in [0.29, 0.717) is 6.42 Å². The Hall–Kier alpha value is -3.04. The fourth-order valence-corrected chi connectivity index (χ4v) is 5.27. The van der Waals surface area contributed by atoms with Gasteiger partial charge in [-0.2, -0.15) is 4.31 Å². The highest BCUT2D eigenvalue weighted by atomic mass is 32.2. The number of carbonyl (C=O) groups is 1. The van der Waals surface area contributed by atoms with E-state index in [4.69, 9.17) is 4.74 Å². The molecule has 7 nitrogen and oxygen atoms in total. The van der Waals surface area contributed by atoms with Crippen LogP contribution >= 0.6 is 0 Å². The third-order valence-electron chi connectivity index (χ3n) is 5.38. The van der Waals surface area contributed by atoms with Gasteiger partial charge in [0.15, 0.2) is 11.6 Å². The summed E-state index contributed by atoms with van der Waals surface area (Å²) in [6.45, 7) is 4.21. The minimum atomic E-state index is -3.85. The smallest absolute Gasteiger partial charge is 0.243 e. The van der Waals surface area contributed by atoms with Gasteiger partial charge in [-0.1, -0.05) is 6.08 Å². The first-order valence-electron chi connectivity index (χ1n) is 10.3. The average Bonchev–Trinajstić information content (AvgIpc) is 3.14. The SMILES string of the molecule is CC(C)Oc1ccc(S(=O)(=O)N2CC=C(c3cn(CC=O)c4cnccc34)CC2)cc1F. The zero-order valence-electron chi connectivity index (χ0n) is 17.9. The lowest BCUT2D eigenvalue weighted by molar-refractivity contribution is -0.108. The summed E-state index contributed by atoms with van der Waals surface area (Å²) < 4.78 is 49.0. The average molecular weight is 458 g/mol. The summed E-state index contributed by atoms with van der Waals surface area (Å²) in [6, 6.07) is 5.62. The molecule has 9 heteroatoms.